The molecule has 0 saturated carbocycles. The Kier molecular flexibility index (Phi) is 7.56. The van der Waals surface area contributed by atoms with Crippen molar-refractivity contribution in [2.75, 3.05) is 32.7 Å². The second-order valence-electron chi connectivity index (χ2n) is 8.59. The maximum absolute atomic E-state index is 14.3. The summed E-state index contributed by atoms with van der Waals surface area (Å²) < 4.78 is 16.1. The van der Waals surface area contributed by atoms with E-state index in [-0.39, 0.29) is 36.9 Å². The average Bonchev–Trinajstić information content (AvgIpc) is 3.58. The van der Waals surface area contributed by atoms with E-state index in [1.54, 1.807) is 15.8 Å². The average molecular weight is 500 g/mol. The maximum Gasteiger partial charge on any atom is 0.256 e. The molecule has 1 N–H and O–H groups in total. The quantitative estimate of drug-likeness (QED) is 0.430. The molecule has 1 aliphatic rings. The first-order valence-electron chi connectivity index (χ1n) is 11.5. The molecular formula is C26H26FN9O. The topological polar surface area (TPSA) is 131 Å². The monoisotopic (exact) mass is 499 g/mol. The summed E-state index contributed by atoms with van der Waals surface area (Å²) in [5, 5.41) is 23.7. The Bertz CT molecular complexity index is 1490. The number of aromatic amines is 1. The van der Waals surface area contributed by atoms with Crippen molar-refractivity contribution in [3.05, 3.63) is 66.1 Å². The Morgan fingerprint density at radius 1 is 1.16 bits per heavy atom. The van der Waals surface area contributed by atoms with Crippen molar-refractivity contribution in [2.24, 2.45) is 0 Å². The van der Waals surface area contributed by atoms with E-state index in [2.05, 4.69) is 31.0 Å². The fourth-order valence-corrected chi connectivity index (χ4v) is 4.47. The lowest BCUT2D eigenvalue weighted by atomic mass is 10.1. The standard InChI is InChI=1S/C25H22FN9O.CH4/c26-22-11-17(12-28)1-2-20(22)25(36)34-9-7-33(8-10-34)15-19(3-5-27)35-14-18(13-32-35)23-21-4-6-29-24(21)31-16-30-23;/h1-2,4,6,11,13-14,16,19H,3,7-10,15H2,(H,29,30,31);1H4. The first-order chi connectivity index (χ1) is 17.6. The number of amides is 1. The van der Waals surface area contributed by atoms with Crippen molar-refractivity contribution >= 4 is 16.9 Å². The molecular weight excluding hydrogens is 473 g/mol. The van der Waals surface area contributed by atoms with Crippen LogP contribution in [0.15, 0.2) is 49.2 Å². The lowest BCUT2D eigenvalue weighted by Crippen LogP contribution is -2.50. The first-order valence-corrected chi connectivity index (χ1v) is 11.5. The molecule has 37 heavy (non-hydrogen) atoms. The minimum absolute atomic E-state index is 0. The summed E-state index contributed by atoms with van der Waals surface area (Å²) in [5.41, 5.74) is 2.50. The van der Waals surface area contributed by atoms with Crippen molar-refractivity contribution in [3.8, 4) is 23.4 Å². The van der Waals surface area contributed by atoms with Crippen LogP contribution in [0, 0.1) is 28.5 Å². The summed E-state index contributed by atoms with van der Waals surface area (Å²) in [6.45, 7) is 2.65. The van der Waals surface area contributed by atoms with Crippen molar-refractivity contribution in [2.45, 2.75) is 19.9 Å². The molecule has 4 heterocycles. The van der Waals surface area contributed by atoms with Crippen molar-refractivity contribution in [1.29, 1.82) is 10.5 Å². The van der Waals surface area contributed by atoms with Crippen LogP contribution in [-0.4, -0.2) is 73.2 Å². The Labute approximate surface area is 213 Å². The van der Waals surface area contributed by atoms with Crippen LogP contribution in [0.1, 0.15) is 35.8 Å². The molecule has 0 spiro atoms. The van der Waals surface area contributed by atoms with E-state index in [4.69, 9.17) is 5.26 Å². The minimum Gasteiger partial charge on any atom is -0.346 e. The number of carbonyl (C=O) groups excluding carboxylic acids is 1. The molecule has 0 radical (unpaired) electrons. The molecule has 1 aromatic carbocycles. The predicted octanol–water partition coefficient (Wildman–Crippen LogP) is 3.38. The van der Waals surface area contributed by atoms with Gasteiger partial charge in [0.1, 0.15) is 17.8 Å². The van der Waals surface area contributed by atoms with Crippen molar-refractivity contribution < 1.29 is 9.18 Å². The summed E-state index contributed by atoms with van der Waals surface area (Å²) >= 11 is 0. The number of piperazine rings is 1. The van der Waals surface area contributed by atoms with E-state index in [0.717, 1.165) is 28.4 Å². The van der Waals surface area contributed by atoms with Crippen LogP contribution in [0.2, 0.25) is 0 Å². The normalized spacial score (nSPS) is 14.5. The zero-order valence-corrected chi connectivity index (χ0v) is 19.3. The zero-order chi connectivity index (χ0) is 25.1. The molecule has 1 unspecified atom stereocenters. The van der Waals surface area contributed by atoms with Crippen molar-refractivity contribution in [3.63, 3.8) is 0 Å². The highest BCUT2D eigenvalue weighted by Crippen LogP contribution is 2.26. The molecule has 4 aromatic rings. The summed E-state index contributed by atoms with van der Waals surface area (Å²) in [6.07, 6.45) is 7.22. The number of fused-ring (bicyclic) bond motifs is 1. The van der Waals surface area contributed by atoms with Crippen LogP contribution in [0.3, 0.4) is 0 Å². The van der Waals surface area contributed by atoms with Gasteiger partial charge in [0.05, 0.1) is 47.6 Å². The number of nitrogens with one attached hydrogen (secondary N) is 1. The molecule has 1 atom stereocenters. The molecule has 0 aliphatic carbocycles. The van der Waals surface area contributed by atoms with Gasteiger partial charge in [0.25, 0.3) is 5.91 Å². The van der Waals surface area contributed by atoms with Gasteiger partial charge in [-0.3, -0.25) is 14.4 Å². The van der Waals surface area contributed by atoms with Gasteiger partial charge >= 0.3 is 0 Å². The van der Waals surface area contributed by atoms with Gasteiger partial charge in [-0.25, -0.2) is 14.4 Å². The van der Waals surface area contributed by atoms with Gasteiger partial charge in [0, 0.05) is 56.1 Å². The number of benzene rings is 1. The number of hydrogen-bond acceptors (Lipinski definition) is 7. The van der Waals surface area contributed by atoms with Crippen molar-refractivity contribution in [1.82, 2.24) is 34.5 Å². The molecule has 188 valence electrons. The lowest BCUT2D eigenvalue weighted by Gasteiger charge is -2.36. The number of aromatic nitrogens is 5. The molecule has 1 amide bonds. The number of H-pyrrole nitrogens is 1. The Balaban J connectivity index is 0.00000320. The maximum atomic E-state index is 14.3. The summed E-state index contributed by atoms with van der Waals surface area (Å²) in [5.74, 6) is -1.08. The minimum atomic E-state index is -0.689. The van der Waals surface area contributed by atoms with E-state index < -0.39 is 5.82 Å². The van der Waals surface area contributed by atoms with E-state index in [1.165, 1.54) is 18.5 Å². The summed E-state index contributed by atoms with van der Waals surface area (Å²) in [4.78, 5) is 28.3. The van der Waals surface area contributed by atoms with Crippen LogP contribution < -0.4 is 0 Å². The number of nitrogens with zero attached hydrogens (tertiary/aromatic N) is 8. The van der Waals surface area contributed by atoms with Crippen LogP contribution in [0.5, 0.6) is 0 Å². The van der Waals surface area contributed by atoms with Crippen LogP contribution in [-0.2, 0) is 0 Å². The molecule has 5 rings (SSSR count). The fraction of sp³-hybridized carbons (Fsp3) is 0.308. The second kappa shape index (κ2) is 11.0. The Morgan fingerprint density at radius 2 is 1.97 bits per heavy atom. The third kappa shape index (κ3) is 5.17. The van der Waals surface area contributed by atoms with Gasteiger partial charge in [-0.15, -0.1) is 0 Å². The smallest absolute Gasteiger partial charge is 0.256 e. The molecule has 0 bridgehead atoms. The second-order valence-corrected chi connectivity index (χ2v) is 8.59. The van der Waals surface area contributed by atoms with Crippen LogP contribution in [0.25, 0.3) is 22.3 Å². The van der Waals surface area contributed by atoms with Gasteiger partial charge < -0.3 is 9.88 Å². The van der Waals surface area contributed by atoms with E-state index >= 15 is 0 Å². The highest BCUT2D eigenvalue weighted by atomic mass is 19.1. The summed E-state index contributed by atoms with van der Waals surface area (Å²) in [7, 11) is 0. The lowest BCUT2D eigenvalue weighted by molar-refractivity contribution is 0.0613. The number of hydrogen-bond donors (Lipinski definition) is 1. The molecule has 1 fully saturated rings. The van der Waals surface area contributed by atoms with Crippen LogP contribution >= 0.6 is 0 Å². The van der Waals surface area contributed by atoms with Gasteiger partial charge in [0.15, 0.2) is 0 Å². The highest BCUT2D eigenvalue weighted by molar-refractivity contribution is 5.94. The van der Waals surface area contributed by atoms with Gasteiger partial charge in [-0.2, -0.15) is 15.6 Å². The van der Waals surface area contributed by atoms with Gasteiger partial charge in [-0.1, -0.05) is 7.43 Å². The van der Waals surface area contributed by atoms with E-state index in [0.29, 0.717) is 32.7 Å². The molecule has 3 aromatic heterocycles. The number of halogens is 1. The SMILES string of the molecule is C.N#CCC(CN1CCN(C(=O)c2ccc(C#N)cc2F)CC1)n1cc(-c2ncnc3[nH]ccc23)cn1. The van der Waals surface area contributed by atoms with E-state index in [1.807, 2.05) is 24.5 Å². The van der Waals surface area contributed by atoms with Gasteiger partial charge in [-0.05, 0) is 24.3 Å². The van der Waals surface area contributed by atoms with E-state index in [9.17, 15) is 14.4 Å². The number of nitriles is 2. The van der Waals surface area contributed by atoms with Gasteiger partial charge in [0.2, 0.25) is 0 Å². The Morgan fingerprint density at radius 3 is 2.70 bits per heavy atom. The molecule has 10 nitrogen and oxygen atoms in total. The molecule has 11 heteroatoms. The third-order valence-corrected chi connectivity index (χ3v) is 6.39. The fourth-order valence-electron chi connectivity index (χ4n) is 4.47. The molecule has 1 saturated heterocycles. The predicted molar refractivity (Wildman–Crippen MR) is 135 cm³/mol. The van der Waals surface area contributed by atoms with Crippen LogP contribution in [0.4, 0.5) is 4.39 Å². The largest absolute Gasteiger partial charge is 0.346 e. The third-order valence-electron chi connectivity index (χ3n) is 6.39. The zero-order valence-electron chi connectivity index (χ0n) is 19.3. The summed E-state index contributed by atoms with van der Waals surface area (Å²) in [6, 6.07) is 9.74. The molecule has 1 aliphatic heterocycles. The number of carbonyl (C=O) groups is 1. The highest BCUT2D eigenvalue weighted by Gasteiger charge is 2.26. The Hall–Kier alpha value is -4.61. The number of rotatable bonds is 6. The first kappa shape index (κ1) is 25.5.